The lowest BCUT2D eigenvalue weighted by Crippen LogP contribution is -2.42. The highest BCUT2D eigenvalue weighted by molar-refractivity contribution is 7.87. The van der Waals surface area contributed by atoms with Crippen LogP contribution in [0.5, 0.6) is 0 Å². The molecule has 0 saturated heterocycles. The highest BCUT2D eigenvalue weighted by atomic mass is 32.2. The first kappa shape index (κ1) is 13.8. The molecule has 1 aromatic rings. The van der Waals surface area contributed by atoms with Crippen molar-refractivity contribution in [2.24, 2.45) is 0 Å². The van der Waals surface area contributed by atoms with E-state index in [1.165, 1.54) is 11.1 Å². The molecule has 3 atom stereocenters. The molecule has 1 aliphatic rings. The van der Waals surface area contributed by atoms with E-state index in [9.17, 15) is 4.21 Å². The van der Waals surface area contributed by atoms with Crippen molar-refractivity contribution in [3.05, 3.63) is 35.4 Å². The predicted molar refractivity (Wildman–Crippen MR) is 78.2 cm³/mol. The van der Waals surface area contributed by atoms with E-state index < -0.39 is 10.8 Å². The average molecular weight is 265 g/mol. The molecule has 1 N–H and O–H groups in total. The van der Waals surface area contributed by atoms with E-state index in [2.05, 4.69) is 50.4 Å². The van der Waals surface area contributed by atoms with E-state index >= 15 is 0 Å². The Morgan fingerprint density at radius 3 is 2.56 bits per heavy atom. The fourth-order valence-corrected chi connectivity index (χ4v) is 4.53. The molecule has 0 saturated carbocycles. The SMILES string of the molecule is CNC1c2ccccc2CCC1S(=O)C(C)(C)C. The largest absolute Gasteiger partial charge is 0.312 e. The van der Waals surface area contributed by atoms with E-state index in [1.807, 2.05) is 7.05 Å². The zero-order chi connectivity index (χ0) is 13.3. The second-order valence-electron chi connectivity index (χ2n) is 5.95. The molecule has 1 aromatic carbocycles. The molecule has 18 heavy (non-hydrogen) atoms. The first-order chi connectivity index (χ1) is 8.45. The number of hydrogen-bond donors (Lipinski definition) is 1. The monoisotopic (exact) mass is 265 g/mol. The van der Waals surface area contributed by atoms with Crippen LogP contribution in [0.15, 0.2) is 24.3 Å². The zero-order valence-corrected chi connectivity index (χ0v) is 12.5. The Hall–Kier alpha value is -0.670. The summed E-state index contributed by atoms with van der Waals surface area (Å²) in [6.07, 6.45) is 2.05. The molecule has 3 unspecified atom stereocenters. The van der Waals surface area contributed by atoms with Crippen LogP contribution >= 0.6 is 0 Å². The molecule has 0 spiro atoms. The van der Waals surface area contributed by atoms with E-state index in [-0.39, 0.29) is 16.0 Å². The van der Waals surface area contributed by atoms with Crippen molar-refractivity contribution < 1.29 is 4.21 Å². The van der Waals surface area contributed by atoms with Gasteiger partial charge in [-0.3, -0.25) is 4.21 Å². The molecule has 1 aliphatic carbocycles. The molecule has 0 amide bonds. The van der Waals surface area contributed by atoms with Crippen LogP contribution in [0.25, 0.3) is 0 Å². The molecule has 0 heterocycles. The number of nitrogens with one attached hydrogen (secondary N) is 1. The first-order valence-electron chi connectivity index (χ1n) is 6.61. The second-order valence-corrected chi connectivity index (χ2v) is 8.38. The van der Waals surface area contributed by atoms with Gasteiger partial charge in [-0.05, 0) is 51.8 Å². The van der Waals surface area contributed by atoms with Crippen molar-refractivity contribution in [3.8, 4) is 0 Å². The van der Waals surface area contributed by atoms with Gasteiger partial charge < -0.3 is 5.32 Å². The smallest absolute Gasteiger partial charge is 0.0551 e. The van der Waals surface area contributed by atoms with E-state index in [0.717, 1.165) is 12.8 Å². The number of hydrogen-bond acceptors (Lipinski definition) is 2. The summed E-state index contributed by atoms with van der Waals surface area (Å²) in [4.78, 5) is 0. The van der Waals surface area contributed by atoms with Gasteiger partial charge in [-0.15, -0.1) is 0 Å². The normalized spacial score (nSPS) is 25.6. The van der Waals surface area contributed by atoms with Crippen LogP contribution in [0.1, 0.15) is 44.4 Å². The van der Waals surface area contributed by atoms with Crippen LogP contribution in [0, 0.1) is 0 Å². The van der Waals surface area contributed by atoms with Gasteiger partial charge in [0, 0.05) is 21.6 Å². The lowest BCUT2D eigenvalue weighted by Gasteiger charge is -2.36. The van der Waals surface area contributed by atoms with Gasteiger partial charge >= 0.3 is 0 Å². The predicted octanol–water partition coefficient (Wildman–Crippen LogP) is 2.81. The standard InChI is InChI=1S/C15H23NOS/c1-15(2,3)18(17)13-10-9-11-7-5-6-8-12(11)14(13)16-4/h5-8,13-14,16H,9-10H2,1-4H3. The summed E-state index contributed by atoms with van der Waals surface area (Å²) >= 11 is 0. The molecule has 0 aromatic heterocycles. The topological polar surface area (TPSA) is 29.1 Å². The Balaban J connectivity index is 2.34. The minimum absolute atomic E-state index is 0.147. The van der Waals surface area contributed by atoms with Crippen LogP contribution in [0.2, 0.25) is 0 Å². The summed E-state index contributed by atoms with van der Waals surface area (Å²) < 4.78 is 12.5. The summed E-state index contributed by atoms with van der Waals surface area (Å²) in [7, 11) is 1.15. The lowest BCUT2D eigenvalue weighted by molar-refractivity contribution is 0.490. The summed E-state index contributed by atoms with van der Waals surface area (Å²) in [5.74, 6) is 0. The quantitative estimate of drug-likeness (QED) is 0.891. The summed E-state index contributed by atoms with van der Waals surface area (Å²) in [6, 6.07) is 8.74. The Kier molecular flexibility index (Phi) is 3.93. The molecule has 0 fully saturated rings. The molecule has 0 aliphatic heterocycles. The summed E-state index contributed by atoms with van der Waals surface area (Å²) in [5.41, 5.74) is 2.73. The molecular weight excluding hydrogens is 242 g/mol. The number of aryl methyl sites for hydroxylation is 1. The molecule has 2 nitrogen and oxygen atoms in total. The summed E-state index contributed by atoms with van der Waals surface area (Å²) in [6.45, 7) is 6.20. The highest BCUT2D eigenvalue weighted by Crippen LogP contribution is 2.35. The zero-order valence-electron chi connectivity index (χ0n) is 11.7. The van der Waals surface area contributed by atoms with Crippen LogP contribution in [0.3, 0.4) is 0 Å². The van der Waals surface area contributed by atoms with Crippen LogP contribution in [-0.4, -0.2) is 21.3 Å². The molecule has 100 valence electrons. The maximum atomic E-state index is 12.7. The molecule has 0 bridgehead atoms. The van der Waals surface area contributed by atoms with Gasteiger partial charge in [0.05, 0.1) is 5.25 Å². The van der Waals surface area contributed by atoms with Gasteiger partial charge in [0.2, 0.25) is 0 Å². The van der Waals surface area contributed by atoms with Crippen LogP contribution in [-0.2, 0) is 17.2 Å². The second kappa shape index (κ2) is 5.14. The van der Waals surface area contributed by atoms with E-state index in [4.69, 9.17) is 0 Å². The van der Waals surface area contributed by atoms with Crippen molar-refractivity contribution in [1.82, 2.24) is 5.32 Å². The minimum Gasteiger partial charge on any atom is -0.312 e. The van der Waals surface area contributed by atoms with Gasteiger partial charge in [0.15, 0.2) is 0 Å². The number of rotatable bonds is 2. The van der Waals surface area contributed by atoms with Gasteiger partial charge in [0.25, 0.3) is 0 Å². The van der Waals surface area contributed by atoms with Crippen molar-refractivity contribution in [1.29, 1.82) is 0 Å². The third-order valence-electron chi connectivity index (χ3n) is 3.65. The third-order valence-corrected chi connectivity index (χ3v) is 5.91. The van der Waals surface area contributed by atoms with Crippen molar-refractivity contribution >= 4 is 10.8 Å². The van der Waals surface area contributed by atoms with Crippen LogP contribution in [0.4, 0.5) is 0 Å². The van der Waals surface area contributed by atoms with Crippen molar-refractivity contribution in [2.75, 3.05) is 7.05 Å². The molecule has 2 rings (SSSR count). The third kappa shape index (κ3) is 2.52. The van der Waals surface area contributed by atoms with Gasteiger partial charge in [-0.2, -0.15) is 0 Å². The number of fused-ring (bicyclic) bond motifs is 1. The minimum atomic E-state index is -0.823. The fraction of sp³-hybridized carbons (Fsp3) is 0.600. The number of benzene rings is 1. The maximum Gasteiger partial charge on any atom is 0.0551 e. The van der Waals surface area contributed by atoms with Gasteiger partial charge in [-0.25, -0.2) is 0 Å². The Morgan fingerprint density at radius 1 is 1.28 bits per heavy atom. The Labute approximate surface area is 113 Å². The lowest BCUT2D eigenvalue weighted by atomic mass is 9.87. The molecule has 3 heteroatoms. The highest BCUT2D eigenvalue weighted by Gasteiger charge is 2.36. The van der Waals surface area contributed by atoms with Crippen LogP contribution < -0.4 is 5.32 Å². The van der Waals surface area contributed by atoms with E-state index in [0.29, 0.717) is 0 Å². The summed E-state index contributed by atoms with van der Waals surface area (Å²) in [5, 5.41) is 3.58. The van der Waals surface area contributed by atoms with Crippen molar-refractivity contribution in [2.45, 2.75) is 49.7 Å². The van der Waals surface area contributed by atoms with Gasteiger partial charge in [0.1, 0.15) is 0 Å². The van der Waals surface area contributed by atoms with E-state index in [1.54, 1.807) is 0 Å². The van der Waals surface area contributed by atoms with Gasteiger partial charge in [-0.1, -0.05) is 24.3 Å². The first-order valence-corrected chi connectivity index (χ1v) is 7.82. The van der Waals surface area contributed by atoms with Crippen molar-refractivity contribution in [3.63, 3.8) is 0 Å². The fourth-order valence-electron chi connectivity index (χ4n) is 2.76. The maximum absolute atomic E-state index is 12.7. The Bertz CT molecular complexity index is 450. The average Bonchev–Trinajstić information content (AvgIpc) is 2.35. The Morgan fingerprint density at radius 2 is 1.94 bits per heavy atom. The molecule has 0 radical (unpaired) electrons. The molecular formula is C15H23NOS.